The number of carbonyl (C=O) groups is 1. The van der Waals surface area contributed by atoms with Crippen LogP contribution < -0.4 is 4.72 Å². The summed E-state index contributed by atoms with van der Waals surface area (Å²) in [7, 11) is -3.57. The van der Waals surface area contributed by atoms with Gasteiger partial charge in [-0.15, -0.1) is 0 Å². The number of thioether (sulfide) groups is 1. The average Bonchev–Trinajstić information content (AvgIpc) is 2.15. The molecule has 0 amide bonds. The standard InChI is InChI=1S/C9H18N2O4S2/c1-7(2)10-17(14,15)11-3-4-16-6-8(11)5-9(12)13/h7-8,10H,3-6H2,1-2H3,(H,12,13). The largest absolute Gasteiger partial charge is 0.481 e. The number of aliphatic carboxylic acids is 1. The zero-order chi connectivity index (χ0) is 13.1. The Morgan fingerprint density at radius 3 is 2.76 bits per heavy atom. The summed E-state index contributed by atoms with van der Waals surface area (Å²) < 4.78 is 27.8. The number of carboxylic acids is 1. The molecule has 100 valence electrons. The van der Waals surface area contributed by atoms with Crippen molar-refractivity contribution in [3.63, 3.8) is 0 Å². The Balaban J connectivity index is 2.80. The Hall–Kier alpha value is -0.310. The van der Waals surface area contributed by atoms with E-state index in [2.05, 4.69) is 4.72 Å². The fourth-order valence-electron chi connectivity index (χ4n) is 1.68. The summed E-state index contributed by atoms with van der Waals surface area (Å²) in [5.41, 5.74) is 0. The molecule has 1 fully saturated rings. The smallest absolute Gasteiger partial charge is 0.305 e. The number of nitrogens with one attached hydrogen (secondary N) is 1. The predicted molar refractivity (Wildman–Crippen MR) is 67.3 cm³/mol. The van der Waals surface area contributed by atoms with E-state index >= 15 is 0 Å². The van der Waals surface area contributed by atoms with E-state index in [1.165, 1.54) is 4.31 Å². The first-order valence-corrected chi connectivity index (χ1v) is 8.01. The highest BCUT2D eigenvalue weighted by molar-refractivity contribution is 7.99. The molecule has 0 aromatic rings. The summed E-state index contributed by atoms with van der Waals surface area (Å²) in [5, 5.41) is 8.78. The van der Waals surface area contributed by atoms with Crippen molar-refractivity contribution in [3.05, 3.63) is 0 Å². The first kappa shape index (κ1) is 14.7. The van der Waals surface area contributed by atoms with E-state index in [0.29, 0.717) is 18.1 Å². The van der Waals surface area contributed by atoms with Gasteiger partial charge in [-0.2, -0.15) is 29.2 Å². The lowest BCUT2D eigenvalue weighted by atomic mass is 10.2. The van der Waals surface area contributed by atoms with Crippen LogP contribution in [-0.4, -0.2) is 53.9 Å². The van der Waals surface area contributed by atoms with Crippen molar-refractivity contribution in [3.8, 4) is 0 Å². The van der Waals surface area contributed by atoms with Gasteiger partial charge in [-0.05, 0) is 13.8 Å². The predicted octanol–water partition coefficient (Wildman–Crippen LogP) is 0.121. The zero-order valence-corrected chi connectivity index (χ0v) is 11.6. The third-order valence-electron chi connectivity index (χ3n) is 2.28. The lowest BCUT2D eigenvalue weighted by Crippen LogP contribution is -2.52. The molecule has 0 aromatic heterocycles. The van der Waals surface area contributed by atoms with Gasteiger partial charge in [0, 0.05) is 30.1 Å². The van der Waals surface area contributed by atoms with Crippen LogP contribution in [0.2, 0.25) is 0 Å². The molecule has 0 spiro atoms. The van der Waals surface area contributed by atoms with E-state index < -0.39 is 22.2 Å². The molecular weight excluding hydrogens is 264 g/mol. The summed E-state index contributed by atoms with van der Waals surface area (Å²) in [6.45, 7) is 3.84. The highest BCUT2D eigenvalue weighted by Gasteiger charge is 2.34. The van der Waals surface area contributed by atoms with Gasteiger partial charge in [0.15, 0.2) is 0 Å². The number of carboxylic acid groups (broad SMARTS) is 1. The minimum atomic E-state index is -3.57. The van der Waals surface area contributed by atoms with Crippen molar-refractivity contribution in [2.75, 3.05) is 18.1 Å². The average molecular weight is 282 g/mol. The molecule has 1 aliphatic rings. The maximum Gasteiger partial charge on any atom is 0.305 e. The third-order valence-corrected chi connectivity index (χ3v) is 5.24. The van der Waals surface area contributed by atoms with E-state index in [9.17, 15) is 13.2 Å². The van der Waals surface area contributed by atoms with E-state index in [4.69, 9.17) is 5.11 Å². The maximum atomic E-state index is 12.0. The molecule has 6 nitrogen and oxygen atoms in total. The summed E-state index contributed by atoms with van der Waals surface area (Å²) in [4.78, 5) is 10.7. The molecule has 0 saturated carbocycles. The molecule has 1 atom stereocenters. The molecule has 1 heterocycles. The van der Waals surface area contributed by atoms with Gasteiger partial charge < -0.3 is 5.11 Å². The second kappa shape index (κ2) is 6.03. The van der Waals surface area contributed by atoms with Crippen LogP contribution in [-0.2, 0) is 15.0 Å². The Labute approximate surface area is 106 Å². The van der Waals surface area contributed by atoms with Gasteiger partial charge in [0.2, 0.25) is 0 Å². The van der Waals surface area contributed by atoms with Gasteiger partial charge >= 0.3 is 5.97 Å². The van der Waals surface area contributed by atoms with Crippen LogP contribution in [0.5, 0.6) is 0 Å². The van der Waals surface area contributed by atoms with Gasteiger partial charge in [-0.1, -0.05) is 0 Å². The van der Waals surface area contributed by atoms with Gasteiger partial charge in [-0.3, -0.25) is 4.79 Å². The van der Waals surface area contributed by atoms with E-state index in [1.807, 2.05) is 0 Å². The third kappa shape index (κ3) is 4.46. The monoisotopic (exact) mass is 282 g/mol. The molecule has 8 heteroatoms. The minimum Gasteiger partial charge on any atom is -0.481 e. The Bertz CT molecular complexity index is 369. The molecular formula is C9H18N2O4S2. The van der Waals surface area contributed by atoms with Crippen molar-refractivity contribution in [2.45, 2.75) is 32.4 Å². The SMILES string of the molecule is CC(C)NS(=O)(=O)N1CCSCC1CC(=O)O. The molecule has 1 rings (SSSR count). The molecule has 0 aliphatic carbocycles. The maximum absolute atomic E-state index is 12.0. The van der Waals surface area contributed by atoms with Gasteiger partial charge in [0.25, 0.3) is 10.2 Å². The number of hydrogen-bond acceptors (Lipinski definition) is 4. The highest BCUT2D eigenvalue weighted by atomic mass is 32.2. The van der Waals surface area contributed by atoms with Gasteiger partial charge in [0.05, 0.1) is 6.42 Å². The second-order valence-electron chi connectivity index (χ2n) is 4.21. The van der Waals surface area contributed by atoms with Gasteiger partial charge in [-0.25, -0.2) is 0 Å². The van der Waals surface area contributed by atoms with E-state index in [-0.39, 0.29) is 12.5 Å². The van der Waals surface area contributed by atoms with Crippen LogP contribution in [0.4, 0.5) is 0 Å². The van der Waals surface area contributed by atoms with Crippen molar-refractivity contribution in [1.82, 2.24) is 9.03 Å². The van der Waals surface area contributed by atoms with Crippen molar-refractivity contribution >= 4 is 27.9 Å². The molecule has 1 saturated heterocycles. The second-order valence-corrected chi connectivity index (χ2v) is 7.02. The molecule has 2 N–H and O–H groups in total. The van der Waals surface area contributed by atoms with Crippen LogP contribution in [0.15, 0.2) is 0 Å². The Morgan fingerprint density at radius 1 is 1.59 bits per heavy atom. The molecule has 0 radical (unpaired) electrons. The first-order chi connectivity index (χ1) is 7.83. The van der Waals surface area contributed by atoms with E-state index in [0.717, 1.165) is 0 Å². The van der Waals surface area contributed by atoms with Crippen molar-refractivity contribution < 1.29 is 18.3 Å². The fraction of sp³-hybridized carbons (Fsp3) is 0.889. The topological polar surface area (TPSA) is 86.7 Å². The molecule has 0 aromatic carbocycles. The summed E-state index contributed by atoms with van der Waals surface area (Å²) in [6, 6.07) is -0.650. The van der Waals surface area contributed by atoms with E-state index in [1.54, 1.807) is 25.6 Å². The van der Waals surface area contributed by atoms with Crippen molar-refractivity contribution in [1.29, 1.82) is 0 Å². The number of nitrogens with zero attached hydrogens (tertiary/aromatic N) is 1. The quantitative estimate of drug-likeness (QED) is 0.748. The Kier molecular flexibility index (Phi) is 5.23. The number of hydrogen-bond donors (Lipinski definition) is 2. The summed E-state index contributed by atoms with van der Waals surface area (Å²) in [6.07, 6.45) is -0.147. The number of rotatable bonds is 5. The lowest BCUT2D eigenvalue weighted by molar-refractivity contribution is -0.137. The summed E-state index contributed by atoms with van der Waals surface area (Å²) >= 11 is 1.59. The molecule has 17 heavy (non-hydrogen) atoms. The Morgan fingerprint density at radius 2 is 2.24 bits per heavy atom. The first-order valence-electron chi connectivity index (χ1n) is 5.41. The minimum absolute atomic E-state index is 0.147. The van der Waals surface area contributed by atoms with Crippen molar-refractivity contribution in [2.24, 2.45) is 0 Å². The van der Waals surface area contributed by atoms with Crippen LogP contribution in [0.1, 0.15) is 20.3 Å². The van der Waals surface area contributed by atoms with Crippen LogP contribution in [0.3, 0.4) is 0 Å². The summed E-state index contributed by atoms with van der Waals surface area (Å²) in [5.74, 6) is 0.266. The molecule has 1 aliphatic heterocycles. The molecule has 0 bridgehead atoms. The van der Waals surface area contributed by atoms with Gasteiger partial charge in [0.1, 0.15) is 0 Å². The van der Waals surface area contributed by atoms with Crippen LogP contribution >= 0.6 is 11.8 Å². The highest BCUT2D eigenvalue weighted by Crippen LogP contribution is 2.21. The van der Waals surface area contributed by atoms with Crippen LogP contribution in [0, 0.1) is 0 Å². The fourth-order valence-corrected chi connectivity index (χ4v) is 4.56. The molecule has 1 unspecified atom stereocenters. The lowest BCUT2D eigenvalue weighted by Gasteiger charge is -2.33. The zero-order valence-electron chi connectivity index (χ0n) is 9.92. The normalized spacial score (nSPS) is 22.9. The van der Waals surface area contributed by atoms with Crippen LogP contribution in [0.25, 0.3) is 0 Å².